The van der Waals surface area contributed by atoms with Crippen molar-refractivity contribution in [1.29, 1.82) is 0 Å². The fraction of sp³-hybridized carbons (Fsp3) is 0.500. The lowest BCUT2D eigenvalue weighted by molar-refractivity contribution is -0.134. The Hall–Kier alpha value is -2.42. The van der Waals surface area contributed by atoms with E-state index in [9.17, 15) is 9.59 Å². The molecule has 1 fully saturated rings. The number of piperidine rings is 1. The predicted octanol–water partition coefficient (Wildman–Crippen LogP) is 3.54. The van der Waals surface area contributed by atoms with Crippen LogP contribution in [0.2, 0.25) is 0 Å². The first-order chi connectivity index (χ1) is 15.6. The normalized spacial score (nSPS) is 13.8. The Kier molecular flexibility index (Phi) is 9.52. The van der Waals surface area contributed by atoms with Crippen molar-refractivity contribution in [3.05, 3.63) is 41.3 Å². The van der Waals surface area contributed by atoms with Crippen LogP contribution in [0.1, 0.15) is 28.9 Å². The highest BCUT2D eigenvalue weighted by Crippen LogP contribution is 2.37. The first-order valence-electron chi connectivity index (χ1n) is 11.0. The quantitative estimate of drug-likeness (QED) is 0.513. The van der Waals surface area contributed by atoms with Crippen molar-refractivity contribution in [2.75, 3.05) is 60.2 Å². The van der Waals surface area contributed by atoms with Crippen LogP contribution in [-0.4, -0.2) is 81.8 Å². The molecular weight excluding hydrogens is 428 g/mol. The van der Waals surface area contributed by atoms with Gasteiger partial charge in [0.25, 0.3) is 11.8 Å². The number of hydrogen-bond donors (Lipinski definition) is 0. The number of carbonyl (C=O) groups excluding carboxylic acids is 2. The molecule has 174 valence electrons. The van der Waals surface area contributed by atoms with Crippen LogP contribution in [0.15, 0.2) is 36.4 Å². The van der Waals surface area contributed by atoms with Gasteiger partial charge in [-0.25, -0.2) is 0 Å². The molecule has 32 heavy (non-hydrogen) atoms. The number of likely N-dealkylation sites (tertiary alicyclic amines) is 1. The monoisotopic (exact) mass is 460 g/mol. The lowest BCUT2D eigenvalue weighted by Gasteiger charge is -2.26. The van der Waals surface area contributed by atoms with E-state index in [1.165, 1.54) is 11.3 Å². The third-order valence-corrected chi connectivity index (χ3v) is 6.58. The van der Waals surface area contributed by atoms with Crippen LogP contribution < -0.4 is 4.74 Å². The van der Waals surface area contributed by atoms with Gasteiger partial charge in [-0.2, -0.15) is 0 Å². The smallest absolute Gasteiger partial charge is 0.267 e. The molecule has 0 atom stereocenters. The molecule has 1 aromatic carbocycles. The summed E-state index contributed by atoms with van der Waals surface area (Å²) in [5.41, 5.74) is 1.00. The van der Waals surface area contributed by atoms with E-state index >= 15 is 0 Å². The van der Waals surface area contributed by atoms with Gasteiger partial charge in [-0.15, -0.1) is 11.3 Å². The number of methoxy groups -OCH3 is 2. The molecular formula is C24H32N2O5S. The Bertz CT molecular complexity index is 857. The fourth-order valence-electron chi connectivity index (χ4n) is 3.61. The third kappa shape index (κ3) is 6.54. The van der Waals surface area contributed by atoms with Gasteiger partial charge < -0.3 is 24.0 Å². The second-order valence-corrected chi connectivity index (χ2v) is 8.73. The average Bonchev–Trinajstić information content (AvgIpc) is 3.27. The van der Waals surface area contributed by atoms with Crippen LogP contribution in [0.25, 0.3) is 10.4 Å². The van der Waals surface area contributed by atoms with Gasteiger partial charge in [0, 0.05) is 45.3 Å². The molecule has 0 unspecified atom stereocenters. The van der Waals surface area contributed by atoms with Crippen LogP contribution in [0.5, 0.6) is 5.75 Å². The van der Waals surface area contributed by atoms with Gasteiger partial charge in [0.05, 0.1) is 13.2 Å². The summed E-state index contributed by atoms with van der Waals surface area (Å²) < 4.78 is 16.3. The highest BCUT2D eigenvalue weighted by Gasteiger charge is 2.25. The second kappa shape index (κ2) is 12.6. The van der Waals surface area contributed by atoms with E-state index in [4.69, 9.17) is 14.2 Å². The molecule has 0 saturated carbocycles. The lowest BCUT2D eigenvalue weighted by Crippen LogP contribution is -2.39. The maximum Gasteiger partial charge on any atom is 0.267 e. The van der Waals surface area contributed by atoms with E-state index in [0.717, 1.165) is 42.8 Å². The number of nitrogens with zero attached hydrogens (tertiary/aromatic N) is 2. The van der Waals surface area contributed by atoms with Crippen molar-refractivity contribution in [3.63, 3.8) is 0 Å². The summed E-state index contributed by atoms with van der Waals surface area (Å²) in [6.07, 6.45) is 3.22. The molecule has 1 aromatic heterocycles. The summed E-state index contributed by atoms with van der Waals surface area (Å²) in [6, 6.07) is 11.7. The number of thiophene rings is 1. The molecule has 2 amide bonds. The summed E-state index contributed by atoms with van der Waals surface area (Å²) in [4.78, 5) is 31.0. The number of ether oxygens (including phenoxy) is 3. The first kappa shape index (κ1) is 24.2. The minimum atomic E-state index is -0.147. The largest absolute Gasteiger partial charge is 0.482 e. The van der Waals surface area contributed by atoms with Crippen molar-refractivity contribution < 1.29 is 23.8 Å². The Morgan fingerprint density at radius 3 is 2.28 bits per heavy atom. The SMILES string of the molecule is COCCN(CCOC)C(=O)c1sc(-c2ccccc2)cc1OCC(=O)N1CCCCC1. The van der Waals surface area contributed by atoms with Crippen molar-refractivity contribution in [3.8, 4) is 16.2 Å². The van der Waals surface area contributed by atoms with E-state index < -0.39 is 0 Å². The highest BCUT2D eigenvalue weighted by atomic mass is 32.1. The van der Waals surface area contributed by atoms with Crippen LogP contribution in [0, 0.1) is 0 Å². The number of benzene rings is 1. The van der Waals surface area contributed by atoms with Crippen LogP contribution >= 0.6 is 11.3 Å². The summed E-state index contributed by atoms with van der Waals surface area (Å²) in [5, 5.41) is 0. The zero-order valence-electron chi connectivity index (χ0n) is 18.9. The van der Waals surface area contributed by atoms with Crippen LogP contribution in [0.3, 0.4) is 0 Å². The van der Waals surface area contributed by atoms with Gasteiger partial charge in [0.15, 0.2) is 6.61 Å². The van der Waals surface area contributed by atoms with Gasteiger partial charge in [-0.3, -0.25) is 9.59 Å². The molecule has 1 saturated heterocycles. The van der Waals surface area contributed by atoms with E-state index in [-0.39, 0.29) is 18.4 Å². The van der Waals surface area contributed by atoms with Crippen molar-refractivity contribution in [2.24, 2.45) is 0 Å². The summed E-state index contributed by atoms with van der Waals surface area (Å²) in [5.74, 6) is 0.266. The molecule has 8 heteroatoms. The maximum atomic E-state index is 13.4. The minimum absolute atomic E-state index is 0.0359. The van der Waals surface area contributed by atoms with Crippen molar-refractivity contribution in [2.45, 2.75) is 19.3 Å². The number of hydrogen-bond acceptors (Lipinski definition) is 6. The number of amides is 2. The summed E-state index contributed by atoms with van der Waals surface area (Å²) >= 11 is 1.38. The second-order valence-electron chi connectivity index (χ2n) is 7.68. The topological polar surface area (TPSA) is 68.3 Å². The fourth-order valence-corrected chi connectivity index (χ4v) is 4.69. The van der Waals surface area contributed by atoms with E-state index in [2.05, 4.69) is 0 Å². The molecule has 1 aliphatic heterocycles. The van der Waals surface area contributed by atoms with E-state index in [1.54, 1.807) is 19.1 Å². The Labute approximate surface area is 193 Å². The molecule has 0 aliphatic carbocycles. The first-order valence-corrected chi connectivity index (χ1v) is 11.8. The number of rotatable bonds is 11. The van der Waals surface area contributed by atoms with Crippen LogP contribution in [-0.2, 0) is 14.3 Å². The molecule has 1 aliphatic rings. The van der Waals surface area contributed by atoms with Gasteiger partial charge in [0.2, 0.25) is 0 Å². The highest BCUT2D eigenvalue weighted by molar-refractivity contribution is 7.17. The molecule has 2 heterocycles. The number of carbonyl (C=O) groups is 2. The molecule has 0 N–H and O–H groups in total. The lowest BCUT2D eigenvalue weighted by atomic mass is 10.1. The van der Waals surface area contributed by atoms with Gasteiger partial charge in [-0.05, 0) is 30.9 Å². The molecule has 0 radical (unpaired) electrons. The van der Waals surface area contributed by atoms with Crippen LogP contribution in [0.4, 0.5) is 0 Å². The molecule has 0 spiro atoms. The minimum Gasteiger partial charge on any atom is -0.482 e. The van der Waals surface area contributed by atoms with Gasteiger partial charge in [0.1, 0.15) is 10.6 Å². The van der Waals surface area contributed by atoms with Gasteiger partial charge in [-0.1, -0.05) is 30.3 Å². The average molecular weight is 461 g/mol. The summed E-state index contributed by atoms with van der Waals surface area (Å²) in [6.45, 7) is 3.23. The summed E-state index contributed by atoms with van der Waals surface area (Å²) in [7, 11) is 3.22. The zero-order valence-corrected chi connectivity index (χ0v) is 19.7. The zero-order chi connectivity index (χ0) is 22.8. The standard InChI is InChI=1S/C24H32N2O5S/c1-29-15-13-26(14-16-30-2)24(28)23-20(17-21(32-23)19-9-5-3-6-10-19)31-18-22(27)25-11-7-4-8-12-25/h3,5-6,9-10,17H,4,7-8,11-16,18H2,1-2H3. The van der Waals surface area contributed by atoms with E-state index in [1.807, 2.05) is 41.3 Å². The molecule has 2 aromatic rings. The Morgan fingerprint density at radius 1 is 1.00 bits per heavy atom. The van der Waals surface area contributed by atoms with Gasteiger partial charge >= 0.3 is 0 Å². The molecule has 7 nitrogen and oxygen atoms in total. The van der Waals surface area contributed by atoms with Crippen molar-refractivity contribution >= 4 is 23.2 Å². The van der Waals surface area contributed by atoms with E-state index in [0.29, 0.717) is 36.9 Å². The Morgan fingerprint density at radius 2 is 1.66 bits per heavy atom. The maximum absolute atomic E-state index is 13.4. The Balaban J connectivity index is 1.82. The third-order valence-electron chi connectivity index (χ3n) is 5.43. The van der Waals surface area contributed by atoms with Crippen molar-refractivity contribution in [1.82, 2.24) is 9.80 Å². The molecule has 3 rings (SSSR count). The predicted molar refractivity (Wildman–Crippen MR) is 125 cm³/mol. The molecule has 0 bridgehead atoms.